The number of fused-ring (bicyclic) bond motifs is 4. The Hall–Kier alpha value is -5.35. The van der Waals surface area contributed by atoms with Gasteiger partial charge in [0.2, 0.25) is 0 Å². The lowest BCUT2D eigenvalue weighted by atomic mass is 9.92. The fourth-order valence-corrected chi connectivity index (χ4v) is 6.76. The molecule has 0 bridgehead atoms. The zero-order valence-corrected chi connectivity index (χ0v) is 27.0. The zero-order valence-electron chi connectivity index (χ0n) is 26.3. The van der Waals surface area contributed by atoms with E-state index in [2.05, 4.69) is 120 Å². The van der Waals surface area contributed by atoms with Crippen molar-refractivity contribution in [3.63, 3.8) is 0 Å². The van der Waals surface area contributed by atoms with Gasteiger partial charge in [0.25, 0.3) is 0 Å². The number of nitrogens with two attached hydrogens (primary N) is 2. The highest BCUT2D eigenvalue weighted by atomic mass is 35.5. The van der Waals surface area contributed by atoms with Gasteiger partial charge in [-0.15, -0.1) is 0 Å². The summed E-state index contributed by atoms with van der Waals surface area (Å²) >= 11 is 5.64. The maximum absolute atomic E-state index is 6.80. The lowest BCUT2D eigenvalue weighted by Gasteiger charge is -2.15. The Kier molecular flexibility index (Phi) is 8.50. The number of nitrogen functional groups attached to an aromatic ring is 1. The van der Waals surface area contributed by atoms with Gasteiger partial charge in [0.05, 0.1) is 11.0 Å². The van der Waals surface area contributed by atoms with E-state index >= 15 is 0 Å². The summed E-state index contributed by atoms with van der Waals surface area (Å²) in [5.41, 5.74) is 25.7. The molecule has 0 fully saturated rings. The molecule has 1 aliphatic carbocycles. The Balaban J connectivity index is 0.000000386. The molecule has 4 N–H and O–H groups in total. The predicted octanol–water partition coefficient (Wildman–Crippen LogP) is 10.7. The summed E-state index contributed by atoms with van der Waals surface area (Å²) in [5, 5.41) is 3.27. The van der Waals surface area contributed by atoms with Gasteiger partial charge in [-0.2, -0.15) is 0 Å². The van der Waals surface area contributed by atoms with Crippen LogP contribution in [0.4, 0.5) is 5.69 Å². The van der Waals surface area contributed by atoms with E-state index in [0.29, 0.717) is 0 Å². The molecule has 1 atom stereocenters. The average Bonchev–Trinajstić information content (AvgIpc) is 3.35. The first-order valence-corrected chi connectivity index (χ1v) is 16.3. The summed E-state index contributed by atoms with van der Waals surface area (Å²) < 4.78 is 2.34. The molecule has 0 amide bonds. The standard InChI is InChI=1S/C36H29N3.C7H7Cl/c37-33-16-8-4-10-25(33)20-27-21-26(23-34(38)30-14-6-5-13-29(27)30)24-18-19-36-32(22-24)31-15-7-9-17-35(31)39(36)28-11-2-1-3-12-28;1-6-3-2-4-7(8)5-6/h1-19,21-23,34H,20,37-38H2;2-5H,1H3. The lowest BCUT2D eigenvalue weighted by Crippen LogP contribution is -2.09. The Morgan fingerprint density at radius 2 is 1.40 bits per heavy atom. The second-order valence-corrected chi connectivity index (χ2v) is 12.4. The quantitative estimate of drug-likeness (QED) is 0.190. The summed E-state index contributed by atoms with van der Waals surface area (Å²) in [6, 6.07) is 50.1. The van der Waals surface area contributed by atoms with Gasteiger partial charge in [-0.25, -0.2) is 0 Å². The minimum Gasteiger partial charge on any atom is -0.398 e. The van der Waals surface area contributed by atoms with Crippen LogP contribution in [0.2, 0.25) is 5.02 Å². The van der Waals surface area contributed by atoms with Gasteiger partial charge < -0.3 is 16.0 Å². The van der Waals surface area contributed by atoms with Crippen LogP contribution >= 0.6 is 11.6 Å². The summed E-state index contributed by atoms with van der Waals surface area (Å²) in [6.07, 6.45) is 5.23. The van der Waals surface area contributed by atoms with E-state index in [1.54, 1.807) is 0 Å². The molecule has 7 aromatic rings. The molecular weight excluding hydrogens is 594 g/mol. The maximum Gasteiger partial charge on any atom is 0.0541 e. The molecule has 0 radical (unpaired) electrons. The third-order valence-electron chi connectivity index (χ3n) is 8.79. The number of aryl methyl sites for hydroxylation is 1. The average molecular weight is 630 g/mol. The smallest absolute Gasteiger partial charge is 0.0541 e. The van der Waals surface area contributed by atoms with Crippen molar-refractivity contribution in [1.29, 1.82) is 0 Å². The molecule has 0 saturated heterocycles. The maximum atomic E-state index is 6.80. The monoisotopic (exact) mass is 629 g/mol. The number of hydrogen-bond donors (Lipinski definition) is 2. The summed E-state index contributed by atoms with van der Waals surface area (Å²) in [5.74, 6) is 0. The first-order chi connectivity index (χ1) is 23.0. The molecule has 1 unspecified atom stereocenters. The molecule has 230 valence electrons. The molecule has 1 aromatic heterocycles. The first kappa shape index (κ1) is 30.3. The number of allylic oxidation sites excluding steroid dienone is 3. The van der Waals surface area contributed by atoms with Gasteiger partial charge in [-0.1, -0.05) is 121 Å². The first-order valence-electron chi connectivity index (χ1n) is 15.9. The fraction of sp³-hybridized carbons (Fsp3) is 0.0698. The molecule has 3 nitrogen and oxygen atoms in total. The number of halogens is 1. The number of para-hydroxylation sites is 3. The van der Waals surface area contributed by atoms with Crippen LogP contribution in [0, 0.1) is 6.92 Å². The summed E-state index contributed by atoms with van der Waals surface area (Å²) in [7, 11) is 0. The van der Waals surface area contributed by atoms with E-state index in [9.17, 15) is 0 Å². The number of nitrogens with zero attached hydrogens (tertiary/aromatic N) is 1. The highest BCUT2D eigenvalue weighted by molar-refractivity contribution is 6.30. The van der Waals surface area contributed by atoms with E-state index in [1.165, 1.54) is 38.5 Å². The Morgan fingerprint density at radius 1 is 0.681 bits per heavy atom. The molecule has 47 heavy (non-hydrogen) atoms. The van der Waals surface area contributed by atoms with Crippen LogP contribution in [0.1, 0.15) is 33.9 Å². The normalized spacial score (nSPS) is 14.1. The highest BCUT2D eigenvalue weighted by Gasteiger charge is 2.20. The van der Waals surface area contributed by atoms with E-state index in [-0.39, 0.29) is 6.04 Å². The van der Waals surface area contributed by atoms with Crippen molar-refractivity contribution in [2.45, 2.75) is 19.4 Å². The van der Waals surface area contributed by atoms with Crippen LogP contribution < -0.4 is 11.5 Å². The SMILES string of the molecule is Cc1cccc(Cl)c1.Nc1ccccc1CC1=CC(c2ccc3c(c2)c2ccccc2n3-c2ccccc2)=CC(N)c2ccccc21. The number of anilines is 1. The largest absolute Gasteiger partial charge is 0.398 e. The predicted molar refractivity (Wildman–Crippen MR) is 201 cm³/mol. The van der Waals surface area contributed by atoms with Crippen molar-refractivity contribution in [1.82, 2.24) is 4.57 Å². The van der Waals surface area contributed by atoms with Crippen LogP contribution in [0.25, 0.3) is 38.6 Å². The second kappa shape index (κ2) is 13.2. The molecular formula is C43H36ClN3. The highest BCUT2D eigenvalue weighted by Crippen LogP contribution is 2.38. The Morgan fingerprint density at radius 3 is 2.19 bits per heavy atom. The van der Waals surface area contributed by atoms with Gasteiger partial charge in [0.15, 0.2) is 0 Å². The van der Waals surface area contributed by atoms with Crippen LogP contribution in [0.5, 0.6) is 0 Å². The van der Waals surface area contributed by atoms with Gasteiger partial charge in [-0.05, 0) is 94.4 Å². The second-order valence-electron chi connectivity index (χ2n) is 12.0. The van der Waals surface area contributed by atoms with Gasteiger partial charge in [-0.3, -0.25) is 0 Å². The molecule has 0 aliphatic heterocycles. The van der Waals surface area contributed by atoms with Crippen molar-refractivity contribution in [3.05, 3.63) is 191 Å². The number of hydrogen-bond acceptors (Lipinski definition) is 2. The van der Waals surface area contributed by atoms with Gasteiger partial charge >= 0.3 is 0 Å². The van der Waals surface area contributed by atoms with Gasteiger partial charge in [0.1, 0.15) is 0 Å². The van der Waals surface area contributed by atoms with Crippen LogP contribution in [0.15, 0.2) is 158 Å². The van der Waals surface area contributed by atoms with Crippen molar-refractivity contribution in [2.24, 2.45) is 5.73 Å². The molecule has 0 saturated carbocycles. The third-order valence-corrected chi connectivity index (χ3v) is 9.03. The lowest BCUT2D eigenvalue weighted by molar-refractivity contribution is 0.910. The fourth-order valence-electron chi connectivity index (χ4n) is 6.52. The van der Waals surface area contributed by atoms with Crippen molar-refractivity contribution >= 4 is 50.2 Å². The molecule has 0 spiro atoms. The van der Waals surface area contributed by atoms with E-state index in [1.807, 2.05) is 49.4 Å². The van der Waals surface area contributed by atoms with Crippen LogP contribution in [-0.4, -0.2) is 4.57 Å². The number of rotatable bonds is 4. The molecule has 6 aromatic carbocycles. The molecule has 1 aliphatic rings. The van der Waals surface area contributed by atoms with Crippen LogP contribution in [0.3, 0.4) is 0 Å². The van der Waals surface area contributed by atoms with Gasteiger partial charge in [0, 0.05) is 39.6 Å². The molecule has 4 heteroatoms. The summed E-state index contributed by atoms with van der Waals surface area (Å²) in [4.78, 5) is 0. The summed E-state index contributed by atoms with van der Waals surface area (Å²) in [6.45, 7) is 2.02. The molecule has 8 rings (SSSR count). The topological polar surface area (TPSA) is 57.0 Å². The van der Waals surface area contributed by atoms with E-state index in [0.717, 1.165) is 45.1 Å². The Labute approximate surface area is 281 Å². The third kappa shape index (κ3) is 6.24. The Bertz CT molecular complexity index is 2260. The number of aromatic nitrogens is 1. The van der Waals surface area contributed by atoms with E-state index < -0.39 is 0 Å². The minimum atomic E-state index is -0.209. The van der Waals surface area contributed by atoms with Crippen molar-refractivity contribution < 1.29 is 0 Å². The van der Waals surface area contributed by atoms with E-state index in [4.69, 9.17) is 23.1 Å². The van der Waals surface area contributed by atoms with Crippen molar-refractivity contribution in [3.8, 4) is 5.69 Å². The molecule has 1 heterocycles. The minimum absolute atomic E-state index is 0.209. The zero-order chi connectivity index (χ0) is 32.3. The van der Waals surface area contributed by atoms with Crippen molar-refractivity contribution in [2.75, 3.05) is 5.73 Å². The number of benzene rings is 6. The van der Waals surface area contributed by atoms with Crippen LogP contribution in [-0.2, 0) is 6.42 Å².